The zero-order valence-electron chi connectivity index (χ0n) is 11.6. The van der Waals surface area contributed by atoms with Gasteiger partial charge in [0.1, 0.15) is 5.82 Å². The summed E-state index contributed by atoms with van der Waals surface area (Å²) in [7, 11) is -3.89. The summed E-state index contributed by atoms with van der Waals surface area (Å²) in [5, 5.41) is 0.397. The summed E-state index contributed by atoms with van der Waals surface area (Å²) in [5.74, 6) is -1.17. The van der Waals surface area contributed by atoms with Crippen LogP contribution in [-0.4, -0.2) is 20.1 Å². The van der Waals surface area contributed by atoms with Crippen molar-refractivity contribution >= 4 is 39.3 Å². The van der Waals surface area contributed by atoms with Crippen molar-refractivity contribution in [3.05, 3.63) is 59.4 Å². The van der Waals surface area contributed by atoms with E-state index in [-0.39, 0.29) is 10.6 Å². The predicted octanol–water partition coefficient (Wildman–Crippen LogP) is 2.58. The van der Waals surface area contributed by atoms with Crippen molar-refractivity contribution < 1.29 is 17.6 Å². The van der Waals surface area contributed by atoms with Crippen LogP contribution in [0.4, 0.5) is 4.39 Å². The van der Waals surface area contributed by atoms with Crippen LogP contribution in [0.3, 0.4) is 0 Å². The van der Waals surface area contributed by atoms with E-state index < -0.39 is 21.7 Å². The molecule has 0 radical (unpaired) electrons. The monoisotopic (exact) mass is 374 g/mol. The maximum absolute atomic E-state index is 13.4. The van der Waals surface area contributed by atoms with Gasteiger partial charge in [-0.25, -0.2) is 12.8 Å². The van der Waals surface area contributed by atoms with Crippen molar-refractivity contribution in [1.29, 1.82) is 0 Å². The average molecular weight is 375 g/mol. The second-order valence-electron chi connectivity index (χ2n) is 4.33. The van der Waals surface area contributed by atoms with Crippen molar-refractivity contribution in [2.75, 3.05) is 5.75 Å². The highest BCUT2D eigenvalue weighted by atomic mass is 35.5. The van der Waals surface area contributed by atoms with Crippen molar-refractivity contribution in [2.24, 2.45) is 0 Å². The molecule has 0 saturated heterocycles. The minimum absolute atomic E-state index is 0.0380. The van der Waals surface area contributed by atoms with E-state index >= 15 is 0 Å². The first kappa shape index (κ1) is 17.7. The van der Waals surface area contributed by atoms with E-state index in [0.717, 1.165) is 11.8 Å². The molecule has 0 heterocycles. The quantitative estimate of drug-likeness (QED) is 0.602. The topological polar surface area (TPSA) is 75.3 Å². The minimum atomic E-state index is -3.89. The van der Waals surface area contributed by atoms with Crippen LogP contribution in [0.5, 0.6) is 0 Å². The van der Waals surface area contributed by atoms with Crippen LogP contribution in [0.1, 0.15) is 0 Å². The van der Waals surface area contributed by atoms with Crippen LogP contribution in [0, 0.1) is 5.82 Å². The number of benzene rings is 2. The molecule has 0 fully saturated rings. The summed E-state index contributed by atoms with van der Waals surface area (Å²) in [5.41, 5.74) is 2.07. The molecule has 0 bridgehead atoms. The Bertz CT molecular complexity index is 798. The lowest BCUT2D eigenvalue weighted by molar-refractivity contribution is -0.119. The Hall–Kier alpha value is -1.61. The first-order valence-corrected chi connectivity index (χ1v) is 9.17. The van der Waals surface area contributed by atoms with Crippen LogP contribution >= 0.6 is 23.4 Å². The first-order valence-electron chi connectivity index (χ1n) is 6.32. The highest BCUT2D eigenvalue weighted by molar-refractivity contribution is 8.00. The molecule has 2 N–H and O–H groups in total. The Balaban J connectivity index is 1.89. The van der Waals surface area contributed by atoms with Gasteiger partial charge in [-0.1, -0.05) is 23.7 Å². The Labute approximate surface area is 142 Å². The predicted molar refractivity (Wildman–Crippen MR) is 87.0 cm³/mol. The highest BCUT2D eigenvalue weighted by Gasteiger charge is 2.15. The molecule has 0 unspecified atom stereocenters. The third-order valence-corrected chi connectivity index (χ3v) is 5.21. The largest absolute Gasteiger partial charge is 0.277 e. The van der Waals surface area contributed by atoms with Crippen molar-refractivity contribution in [1.82, 2.24) is 10.3 Å². The average Bonchev–Trinajstić information content (AvgIpc) is 2.53. The van der Waals surface area contributed by atoms with Gasteiger partial charge < -0.3 is 0 Å². The summed E-state index contributed by atoms with van der Waals surface area (Å²) in [4.78, 5) is 13.9. The number of hydrogen-bond acceptors (Lipinski definition) is 4. The zero-order valence-corrected chi connectivity index (χ0v) is 14.0. The second-order valence-corrected chi connectivity index (χ2v) is 7.46. The molecule has 23 heavy (non-hydrogen) atoms. The van der Waals surface area contributed by atoms with Gasteiger partial charge in [-0.2, -0.15) is 0 Å². The van der Waals surface area contributed by atoms with Gasteiger partial charge in [0.2, 0.25) is 5.91 Å². The zero-order chi connectivity index (χ0) is 16.9. The summed E-state index contributed by atoms with van der Waals surface area (Å²) >= 11 is 6.65. The molecule has 1 amide bonds. The van der Waals surface area contributed by atoms with Gasteiger partial charge in [0, 0.05) is 9.92 Å². The Morgan fingerprint density at radius 1 is 1.13 bits per heavy atom. The Kier molecular flexibility index (Phi) is 6.00. The smallest absolute Gasteiger partial charge is 0.257 e. The molecule has 0 aliphatic carbocycles. The second kappa shape index (κ2) is 7.78. The van der Waals surface area contributed by atoms with E-state index in [0.29, 0.717) is 9.92 Å². The number of amides is 1. The third kappa shape index (κ3) is 5.21. The number of sulfonamides is 1. The molecule has 0 atom stereocenters. The normalized spacial score (nSPS) is 11.2. The molecule has 122 valence electrons. The maximum Gasteiger partial charge on any atom is 0.257 e. The Morgan fingerprint density at radius 2 is 1.78 bits per heavy atom. The van der Waals surface area contributed by atoms with Gasteiger partial charge in [0.05, 0.1) is 10.6 Å². The minimum Gasteiger partial charge on any atom is -0.277 e. The standard InChI is InChI=1S/C14H12ClFN2O3S2/c15-10-5-7-11(8-6-10)23(20,21)18-17-14(19)9-22-13-4-2-1-3-12(13)16/h1-8,18H,9H2,(H,17,19). The Morgan fingerprint density at radius 3 is 2.43 bits per heavy atom. The summed E-state index contributed by atoms with van der Waals surface area (Å²) in [6.07, 6.45) is 0. The van der Waals surface area contributed by atoms with Gasteiger partial charge >= 0.3 is 0 Å². The van der Waals surface area contributed by atoms with Crippen molar-refractivity contribution in [2.45, 2.75) is 9.79 Å². The fraction of sp³-hybridized carbons (Fsp3) is 0.0714. The van der Waals surface area contributed by atoms with E-state index in [2.05, 4.69) is 5.43 Å². The van der Waals surface area contributed by atoms with Crippen LogP contribution in [0.25, 0.3) is 0 Å². The number of carbonyl (C=O) groups is 1. The molecule has 5 nitrogen and oxygen atoms in total. The molecule has 0 spiro atoms. The van der Waals surface area contributed by atoms with E-state index in [1.807, 2.05) is 4.83 Å². The van der Waals surface area contributed by atoms with Crippen molar-refractivity contribution in [3.63, 3.8) is 0 Å². The molecule has 2 aromatic carbocycles. The fourth-order valence-electron chi connectivity index (χ4n) is 1.54. The van der Waals surface area contributed by atoms with E-state index in [9.17, 15) is 17.6 Å². The van der Waals surface area contributed by atoms with Crippen molar-refractivity contribution in [3.8, 4) is 0 Å². The number of carbonyl (C=O) groups excluding carboxylic acids is 1. The van der Waals surface area contributed by atoms with E-state index in [4.69, 9.17) is 11.6 Å². The molecule has 0 aromatic heterocycles. The van der Waals surface area contributed by atoms with Crippen LogP contribution in [-0.2, 0) is 14.8 Å². The molecular formula is C14H12ClFN2O3S2. The number of hydrogen-bond donors (Lipinski definition) is 2. The number of hydrazine groups is 1. The number of nitrogens with one attached hydrogen (secondary N) is 2. The summed E-state index contributed by atoms with van der Waals surface area (Å²) in [6, 6.07) is 11.5. The van der Waals surface area contributed by atoms with Crippen LogP contribution < -0.4 is 10.3 Å². The molecule has 0 aliphatic heterocycles. The van der Waals surface area contributed by atoms with Gasteiger partial charge in [-0.3, -0.25) is 10.2 Å². The number of thioether (sulfide) groups is 1. The van der Waals surface area contributed by atoms with Crippen LogP contribution in [0.2, 0.25) is 5.02 Å². The lowest BCUT2D eigenvalue weighted by Gasteiger charge is -2.08. The summed E-state index contributed by atoms with van der Waals surface area (Å²) in [6.45, 7) is 0. The molecular weight excluding hydrogens is 363 g/mol. The SMILES string of the molecule is O=C(CSc1ccccc1F)NNS(=O)(=O)c1ccc(Cl)cc1. The number of halogens is 2. The first-order chi connectivity index (χ1) is 10.9. The molecule has 2 rings (SSSR count). The van der Waals surface area contributed by atoms with Gasteiger partial charge in [-0.15, -0.1) is 16.6 Å². The molecule has 9 heteroatoms. The lowest BCUT2D eigenvalue weighted by Crippen LogP contribution is -2.42. The molecule has 0 saturated carbocycles. The molecule has 2 aromatic rings. The third-order valence-electron chi connectivity index (χ3n) is 2.64. The highest BCUT2D eigenvalue weighted by Crippen LogP contribution is 2.20. The van der Waals surface area contributed by atoms with E-state index in [1.165, 1.54) is 36.4 Å². The van der Waals surface area contributed by atoms with Gasteiger partial charge in [-0.05, 0) is 36.4 Å². The van der Waals surface area contributed by atoms with Gasteiger partial charge in [0.25, 0.3) is 10.0 Å². The van der Waals surface area contributed by atoms with E-state index in [1.54, 1.807) is 12.1 Å². The number of rotatable bonds is 6. The van der Waals surface area contributed by atoms with Crippen LogP contribution in [0.15, 0.2) is 58.3 Å². The lowest BCUT2D eigenvalue weighted by atomic mass is 10.3. The molecule has 0 aliphatic rings. The van der Waals surface area contributed by atoms with Gasteiger partial charge in [0.15, 0.2) is 0 Å². The maximum atomic E-state index is 13.4. The fourth-order valence-corrected chi connectivity index (χ4v) is 3.26. The summed E-state index contributed by atoms with van der Waals surface area (Å²) < 4.78 is 37.3.